The van der Waals surface area contributed by atoms with Crippen molar-refractivity contribution in [3.8, 4) is 0 Å². The summed E-state index contributed by atoms with van der Waals surface area (Å²) in [5.41, 5.74) is 2.85. The number of carbonyl (C=O) groups is 1. The summed E-state index contributed by atoms with van der Waals surface area (Å²) in [5, 5.41) is 2.98. The van der Waals surface area contributed by atoms with Gasteiger partial charge in [0.1, 0.15) is 5.69 Å². The lowest BCUT2D eigenvalue weighted by Gasteiger charge is -2.35. The monoisotopic (exact) mass is 362 g/mol. The fraction of sp³-hybridized carbons (Fsp3) is 0.364. The minimum absolute atomic E-state index is 0.0564. The van der Waals surface area contributed by atoms with Crippen molar-refractivity contribution in [2.75, 3.05) is 37.6 Å². The van der Waals surface area contributed by atoms with Crippen molar-refractivity contribution < 1.29 is 4.79 Å². The standard InChI is InChI=1S/C22H26N4O/c27-22(24-19-8-9-19)21-11-10-20(17-23-21)26-15-13-25(14-16-26)12-4-7-18-5-2-1-3-6-18/h1-7,10-11,17,19H,8-9,12-16H2,(H,24,27)/b7-4+. The van der Waals surface area contributed by atoms with Gasteiger partial charge in [-0.1, -0.05) is 42.5 Å². The number of pyridine rings is 1. The van der Waals surface area contributed by atoms with Crippen molar-refractivity contribution in [1.82, 2.24) is 15.2 Å². The van der Waals surface area contributed by atoms with Crippen molar-refractivity contribution in [2.45, 2.75) is 18.9 Å². The van der Waals surface area contributed by atoms with Crippen LogP contribution in [-0.4, -0.2) is 54.6 Å². The first-order valence-corrected chi connectivity index (χ1v) is 9.74. The number of carbonyl (C=O) groups excluding carboxylic acids is 1. The van der Waals surface area contributed by atoms with Crippen LogP contribution < -0.4 is 10.2 Å². The van der Waals surface area contributed by atoms with E-state index in [2.05, 4.69) is 56.5 Å². The van der Waals surface area contributed by atoms with Crippen LogP contribution in [0.15, 0.2) is 54.7 Å². The predicted molar refractivity (Wildman–Crippen MR) is 109 cm³/mol. The molecule has 1 saturated heterocycles. The van der Waals surface area contributed by atoms with Gasteiger partial charge in [0.2, 0.25) is 0 Å². The largest absolute Gasteiger partial charge is 0.368 e. The molecule has 1 N–H and O–H groups in total. The van der Waals surface area contributed by atoms with E-state index in [4.69, 9.17) is 0 Å². The fourth-order valence-electron chi connectivity index (χ4n) is 3.29. The Morgan fingerprint density at radius 1 is 1.07 bits per heavy atom. The Labute approximate surface area is 160 Å². The molecule has 1 saturated carbocycles. The van der Waals surface area contributed by atoms with Crippen molar-refractivity contribution >= 4 is 17.7 Å². The Bertz CT molecular complexity index is 776. The number of anilines is 1. The summed E-state index contributed by atoms with van der Waals surface area (Å²) in [6.45, 7) is 5.00. The molecule has 140 valence electrons. The Hall–Kier alpha value is -2.66. The van der Waals surface area contributed by atoms with Gasteiger partial charge in [-0.05, 0) is 30.5 Å². The number of piperazine rings is 1. The van der Waals surface area contributed by atoms with E-state index in [-0.39, 0.29) is 5.91 Å². The van der Waals surface area contributed by atoms with Gasteiger partial charge in [-0.25, -0.2) is 4.98 Å². The van der Waals surface area contributed by atoms with Gasteiger partial charge in [0.05, 0.1) is 11.9 Å². The highest BCUT2D eigenvalue weighted by atomic mass is 16.2. The normalized spacial score (nSPS) is 18.0. The molecule has 0 unspecified atom stereocenters. The van der Waals surface area contributed by atoms with E-state index >= 15 is 0 Å². The summed E-state index contributed by atoms with van der Waals surface area (Å²) in [6.07, 6.45) is 8.43. The van der Waals surface area contributed by atoms with Crippen LogP contribution in [-0.2, 0) is 0 Å². The van der Waals surface area contributed by atoms with Crippen molar-refractivity contribution in [3.05, 3.63) is 66.0 Å². The lowest BCUT2D eigenvalue weighted by Crippen LogP contribution is -2.46. The van der Waals surface area contributed by atoms with E-state index in [1.807, 2.05) is 24.4 Å². The van der Waals surface area contributed by atoms with Crippen LogP contribution in [0.3, 0.4) is 0 Å². The van der Waals surface area contributed by atoms with Crippen molar-refractivity contribution in [3.63, 3.8) is 0 Å². The summed E-state index contributed by atoms with van der Waals surface area (Å²) in [6, 6.07) is 14.6. The topological polar surface area (TPSA) is 48.5 Å². The molecule has 2 aliphatic rings. The molecule has 2 fully saturated rings. The van der Waals surface area contributed by atoms with Gasteiger partial charge in [-0.15, -0.1) is 0 Å². The summed E-state index contributed by atoms with van der Waals surface area (Å²) < 4.78 is 0. The summed E-state index contributed by atoms with van der Waals surface area (Å²) in [5.74, 6) is -0.0564. The lowest BCUT2D eigenvalue weighted by molar-refractivity contribution is 0.0946. The molecule has 0 spiro atoms. The van der Waals surface area contributed by atoms with Crippen LogP contribution in [0.2, 0.25) is 0 Å². The first-order valence-electron chi connectivity index (χ1n) is 9.74. The second-order valence-corrected chi connectivity index (χ2v) is 7.25. The number of hydrogen-bond acceptors (Lipinski definition) is 4. The number of rotatable bonds is 6. The number of amides is 1. The molecule has 4 rings (SSSR count). The number of aromatic nitrogens is 1. The third-order valence-corrected chi connectivity index (χ3v) is 5.10. The molecule has 1 aromatic heterocycles. The average Bonchev–Trinajstić information content (AvgIpc) is 3.53. The molecular formula is C22H26N4O. The highest BCUT2D eigenvalue weighted by Crippen LogP contribution is 2.20. The third kappa shape index (κ3) is 4.95. The Kier molecular flexibility index (Phi) is 5.49. The summed E-state index contributed by atoms with van der Waals surface area (Å²) in [4.78, 5) is 21.2. The zero-order chi connectivity index (χ0) is 18.5. The van der Waals surface area contributed by atoms with Crippen LogP contribution >= 0.6 is 0 Å². The van der Waals surface area contributed by atoms with E-state index in [9.17, 15) is 4.79 Å². The summed E-state index contributed by atoms with van der Waals surface area (Å²) in [7, 11) is 0. The number of nitrogens with one attached hydrogen (secondary N) is 1. The van der Waals surface area contributed by atoms with Crippen LogP contribution in [0.1, 0.15) is 28.9 Å². The SMILES string of the molecule is O=C(NC1CC1)c1ccc(N2CCN(C/C=C/c3ccccc3)CC2)cn1. The minimum atomic E-state index is -0.0564. The van der Waals surface area contributed by atoms with Crippen LogP contribution in [0.5, 0.6) is 0 Å². The van der Waals surface area contributed by atoms with Crippen LogP contribution in [0.4, 0.5) is 5.69 Å². The molecule has 27 heavy (non-hydrogen) atoms. The lowest BCUT2D eigenvalue weighted by atomic mass is 10.2. The number of benzene rings is 1. The number of hydrogen-bond donors (Lipinski definition) is 1. The zero-order valence-corrected chi connectivity index (χ0v) is 15.6. The van der Waals surface area contributed by atoms with Gasteiger partial charge in [0.25, 0.3) is 5.91 Å². The first-order chi connectivity index (χ1) is 13.3. The molecule has 2 aromatic rings. The molecule has 1 aliphatic carbocycles. The van der Waals surface area contributed by atoms with Gasteiger partial charge in [0, 0.05) is 38.8 Å². The molecule has 0 radical (unpaired) electrons. The highest BCUT2D eigenvalue weighted by molar-refractivity contribution is 5.92. The molecule has 0 bridgehead atoms. The Morgan fingerprint density at radius 3 is 2.52 bits per heavy atom. The van der Waals surface area contributed by atoms with Crippen molar-refractivity contribution in [2.24, 2.45) is 0 Å². The highest BCUT2D eigenvalue weighted by Gasteiger charge is 2.24. The molecule has 0 atom stereocenters. The third-order valence-electron chi connectivity index (χ3n) is 5.10. The second kappa shape index (κ2) is 8.35. The van der Waals surface area contributed by atoms with Crippen LogP contribution in [0.25, 0.3) is 6.08 Å². The van der Waals surface area contributed by atoms with E-state index in [1.165, 1.54) is 5.56 Å². The van der Waals surface area contributed by atoms with E-state index in [0.29, 0.717) is 11.7 Å². The fourth-order valence-corrected chi connectivity index (χ4v) is 3.29. The molecule has 2 heterocycles. The molecule has 1 amide bonds. The molecule has 5 heteroatoms. The molecule has 5 nitrogen and oxygen atoms in total. The summed E-state index contributed by atoms with van der Waals surface area (Å²) >= 11 is 0. The Balaban J connectivity index is 1.25. The van der Waals surface area contributed by atoms with E-state index in [0.717, 1.165) is 51.3 Å². The average molecular weight is 362 g/mol. The zero-order valence-electron chi connectivity index (χ0n) is 15.6. The maximum absolute atomic E-state index is 12.0. The molecular weight excluding hydrogens is 336 g/mol. The minimum Gasteiger partial charge on any atom is -0.368 e. The van der Waals surface area contributed by atoms with Crippen LogP contribution in [0, 0.1) is 0 Å². The van der Waals surface area contributed by atoms with Gasteiger partial charge in [-0.2, -0.15) is 0 Å². The Morgan fingerprint density at radius 2 is 1.85 bits per heavy atom. The number of nitrogens with zero attached hydrogens (tertiary/aromatic N) is 3. The maximum atomic E-state index is 12.0. The van der Waals surface area contributed by atoms with Crippen molar-refractivity contribution in [1.29, 1.82) is 0 Å². The predicted octanol–water partition coefficient (Wildman–Crippen LogP) is 2.81. The van der Waals surface area contributed by atoms with Gasteiger partial charge >= 0.3 is 0 Å². The molecule has 1 aromatic carbocycles. The van der Waals surface area contributed by atoms with Gasteiger partial charge < -0.3 is 10.2 Å². The van der Waals surface area contributed by atoms with Gasteiger partial charge in [0.15, 0.2) is 0 Å². The van der Waals surface area contributed by atoms with E-state index in [1.54, 1.807) is 0 Å². The maximum Gasteiger partial charge on any atom is 0.270 e. The second-order valence-electron chi connectivity index (χ2n) is 7.25. The molecule has 1 aliphatic heterocycles. The smallest absolute Gasteiger partial charge is 0.270 e. The first kappa shape index (κ1) is 17.7. The van der Waals surface area contributed by atoms with Gasteiger partial charge in [-0.3, -0.25) is 9.69 Å². The van der Waals surface area contributed by atoms with E-state index < -0.39 is 0 Å². The quantitative estimate of drug-likeness (QED) is 0.858.